The maximum Gasteiger partial charge on any atom is 0.336 e. The molecule has 8 heteroatoms. The van der Waals surface area contributed by atoms with Gasteiger partial charge in [-0.05, 0) is 54.6 Å². The summed E-state index contributed by atoms with van der Waals surface area (Å²) in [6.07, 6.45) is 1.91. The van der Waals surface area contributed by atoms with E-state index in [-0.39, 0.29) is 11.4 Å². The van der Waals surface area contributed by atoms with Gasteiger partial charge in [0.15, 0.2) is 0 Å². The molecule has 0 saturated heterocycles. The van der Waals surface area contributed by atoms with Gasteiger partial charge in [0.05, 0.1) is 24.9 Å². The van der Waals surface area contributed by atoms with Crippen LogP contribution in [0.5, 0.6) is 5.75 Å². The molecule has 0 unspecified atom stereocenters. The number of pyridine rings is 1. The molecule has 0 radical (unpaired) electrons. The van der Waals surface area contributed by atoms with Gasteiger partial charge in [-0.25, -0.2) is 9.78 Å². The Morgan fingerprint density at radius 3 is 2.65 bits per heavy atom. The lowest BCUT2D eigenvalue weighted by molar-refractivity contribution is 0.0697. The molecule has 0 saturated carbocycles. The van der Waals surface area contributed by atoms with Crippen molar-refractivity contribution in [2.75, 3.05) is 12.8 Å². The number of carbonyl (C=O) groups is 1. The van der Waals surface area contributed by atoms with E-state index in [1.807, 2.05) is 29.0 Å². The van der Waals surface area contributed by atoms with Crippen molar-refractivity contribution >= 4 is 28.5 Å². The van der Waals surface area contributed by atoms with Gasteiger partial charge in [-0.1, -0.05) is 0 Å². The quantitative estimate of drug-likeness (QED) is 0.281. The van der Waals surface area contributed by atoms with Gasteiger partial charge in [0.2, 0.25) is 0 Å². The molecule has 2 aromatic heterocycles. The Morgan fingerprint density at radius 2 is 1.94 bits per heavy atom. The predicted molar refractivity (Wildman–Crippen MR) is 120 cm³/mol. The summed E-state index contributed by atoms with van der Waals surface area (Å²) in [5.41, 5.74) is 15.1. The molecular weight excluding hydrogens is 394 g/mol. The average molecular weight is 415 g/mol. The zero-order chi connectivity index (χ0) is 22.1. The average Bonchev–Trinajstić information content (AvgIpc) is 3.15. The fourth-order valence-corrected chi connectivity index (χ4v) is 3.61. The van der Waals surface area contributed by atoms with Crippen molar-refractivity contribution in [3.63, 3.8) is 0 Å². The highest BCUT2D eigenvalue weighted by molar-refractivity contribution is 5.99. The summed E-state index contributed by atoms with van der Waals surface area (Å²) < 4.78 is 7.29. The molecule has 0 atom stereocenters. The molecule has 0 aliphatic rings. The summed E-state index contributed by atoms with van der Waals surface area (Å²) in [4.78, 5) is 16.3. The topological polar surface area (TPSA) is 140 Å². The second-order valence-electron chi connectivity index (χ2n) is 7.08. The molecule has 4 aromatic rings. The summed E-state index contributed by atoms with van der Waals surface area (Å²) in [6, 6.07) is 15.7. The molecule has 31 heavy (non-hydrogen) atoms. The molecule has 0 aliphatic carbocycles. The number of aromatic carboxylic acids is 1. The Balaban J connectivity index is 1.84. The van der Waals surface area contributed by atoms with Crippen molar-refractivity contribution in [1.82, 2.24) is 9.55 Å². The van der Waals surface area contributed by atoms with E-state index in [9.17, 15) is 9.90 Å². The van der Waals surface area contributed by atoms with Gasteiger partial charge in [-0.15, -0.1) is 0 Å². The molecule has 2 aromatic carbocycles. The summed E-state index contributed by atoms with van der Waals surface area (Å²) in [5, 5.41) is 18.2. The number of anilines is 1. The summed E-state index contributed by atoms with van der Waals surface area (Å²) in [7, 11) is 1.53. The lowest BCUT2D eigenvalue weighted by atomic mass is 9.97. The fraction of sp³-hybridized carbons (Fsp3) is 0.0870. The van der Waals surface area contributed by atoms with Gasteiger partial charge >= 0.3 is 5.97 Å². The van der Waals surface area contributed by atoms with Crippen LogP contribution < -0.4 is 16.2 Å². The third-order valence-corrected chi connectivity index (χ3v) is 5.15. The molecule has 4 rings (SSSR count). The molecule has 156 valence electrons. The normalized spacial score (nSPS) is 10.9. The number of carboxylic acids is 1. The van der Waals surface area contributed by atoms with E-state index in [1.165, 1.54) is 13.2 Å². The summed E-state index contributed by atoms with van der Waals surface area (Å²) in [6.45, 7) is 0.375. The highest BCUT2D eigenvalue weighted by atomic mass is 16.5. The number of rotatable bonds is 6. The first-order valence-corrected chi connectivity index (χ1v) is 9.48. The number of nitrogens with zero attached hydrogens (tertiary/aromatic N) is 2. The second-order valence-corrected chi connectivity index (χ2v) is 7.08. The minimum atomic E-state index is -1.04. The summed E-state index contributed by atoms with van der Waals surface area (Å²) in [5.74, 6) is -0.142. The molecule has 6 N–H and O–H groups in total. The maximum absolute atomic E-state index is 11.8. The zero-order valence-electron chi connectivity index (χ0n) is 16.8. The molecule has 0 aliphatic heterocycles. The maximum atomic E-state index is 11.8. The molecular formula is C23H21N5O3. The molecule has 0 bridgehead atoms. The van der Waals surface area contributed by atoms with Gasteiger partial charge in [-0.3, -0.25) is 5.41 Å². The van der Waals surface area contributed by atoms with Crippen LogP contribution in [-0.2, 0) is 6.54 Å². The van der Waals surface area contributed by atoms with Crippen molar-refractivity contribution in [3.05, 3.63) is 77.6 Å². The van der Waals surface area contributed by atoms with Crippen LogP contribution in [0.2, 0.25) is 0 Å². The second kappa shape index (κ2) is 7.83. The van der Waals surface area contributed by atoms with Crippen molar-refractivity contribution in [2.24, 2.45) is 5.73 Å². The third kappa shape index (κ3) is 3.78. The Labute approximate surface area is 178 Å². The summed E-state index contributed by atoms with van der Waals surface area (Å²) >= 11 is 0. The molecule has 0 spiro atoms. The molecule has 2 heterocycles. The fourth-order valence-electron chi connectivity index (χ4n) is 3.61. The van der Waals surface area contributed by atoms with Crippen LogP contribution in [0.1, 0.15) is 21.6 Å². The number of nitrogens with two attached hydrogens (primary N) is 2. The van der Waals surface area contributed by atoms with Gasteiger partial charge in [0.1, 0.15) is 17.4 Å². The largest absolute Gasteiger partial charge is 0.497 e. The SMILES string of the molecule is COc1ccc(C(=O)O)c(-c2ccc(N)nc2Cn2ccc3cc(C(=N)N)ccc32)c1. The third-order valence-electron chi connectivity index (χ3n) is 5.15. The van der Waals surface area contributed by atoms with E-state index in [2.05, 4.69) is 4.98 Å². The zero-order valence-corrected chi connectivity index (χ0v) is 16.8. The number of nitrogen functional groups attached to an aromatic ring is 2. The number of amidine groups is 1. The monoisotopic (exact) mass is 415 g/mol. The van der Waals surface area contributed by atoms with Crippen LogP contribution in [0.25, 0.3) is 22.0 Å². The first-order chi connectivity index (χ1) is 14.9. The van der Waals surface area contributed by atoms with Crippen molar-refractivity contribution in [3.8, 4) is 16.9 Å². The first kappa shape index (κ1) is 20.0. The van der Waals surface area contributed by atoms with Crippen LogP contribution in [0, 0.1) is 5.41 Å². The molecule has 0 fully saturated rings. The van der Waals surface area contributed by atoms with E-state index >= 15 is 0 Å². The van der Waals surface area contributed by atoms with Gasteiger partial charge in [0, 0.05) is 33.8 Å². The highest BCUT2D eigenvalue weighted by Gasteiger charge is 2.18. The standard InChI is InChI=1S/C23H21N5O3/c1-31-15-3-4-17(23(29)30)18(11-15)16-5-7-21(24)27-19(16)12-28-9-8-13-10-14(22(25)26)2-6-20(13)28/h2-11H,12H2,1H3,(H2,24,27)(H3,25,26)(H,29,30). The predicted octanol–water partition coefficient (Wildman–Crippen LogP) is 3.32. The van der Waals surface area contributed by atoms with E-state index in [1.54, 1.807) is 30.3 Å². The van der Waals surface area contributed by atoms with Crippen LogP contribution in [0.4, 0.5) is 5.82 Å². The van der Waals surface area contributed by atoms with Crippen molar-refractivity contribution in [1.29, 1.82) is 5.41 Å². The van der Waals surface area contributed by atoms with E-state index in [4.69, 9.17) is 21.6 Å². The van der Waals surface area contributed by atoms with Crippen LogP contribution in [-0.4, -0.2) is 33.6 Å². The molecule has 8 nitrogen and oxygen atoms in total. The van der Waals surface area contributed by atoms with Gasteiger partial charge < -0.3 is 25.9 Å². The van der Waals surface area contributed by atoms with Gasteiger partial charge in [-0.2, -0.15) is 0 Å². The van der Waals surface area contributed by atoms with E-state index in [0.29, 0.717) is 40.5 Å². The van der Waals surface area contributed by atoms with Crippen LogP contribution in [0.15, 0.2) is 60.8 Å². The van der Waals surface area contributed by atoms with Crippen LogP contribution in [0.3, 0.4) is 0 Å². The number of hydrogen-bond acceptors (Lipinski definition) is 5. The smallest absolute Gasteiger partial charge is 0.336 e. The number of carboxylic acid groups (broad SMARTS) is 1. The number of fused-ring (bicyclic) bond motifs is 1. The van der Waals surface area contributed by atoms with Crippen LogP contribution >= 0.6 is 0 Å². The minimum Gasteiger partial charge on any atom is -0.497 e. The number of aromatic nitrogens is 2. The Bertz CT molecular complexity index is 1330. The Kier molecular flexibility index (Phi) is 5.04. The van der Waals surface area contributed by atoms with E-state index < -0.39 is 5.97 Å². The van der Waals surface area contributed by atoms with Crippen molar-refractivity contribution in [2.45, 2.75) is 6.54 Å². The lowest BCUT2D eigenvalue weighted by Crippen LogP contribution is -2.10. The number of hydrogen-bond donors (Lipinski definition) is 4. The minimum absolute atomic E-state index is 0.00802. The number of ether oxygens (including phenoxy) is 1. The van der Waals surface area contributed by atoms with E-state index in [0.717, 1.165) is 10.9 Å². The number of benzene rings is 2. The van der Waals surface area contributed by atoms with Gasteiger partial charge in [0.25, 0.3) is 0 Å². The lowest BCUT2D eigenvalue weighted by Gasteiger charge is -2.14. The Hall–Kier alpha value is -4.33. The van der Waals surface area contributed by atoms with Crippen molar-refractivity contribution < 1.29 is 14.6 Å². The highest BCUT2D eigenvalue weighted by Crippen LogP contribution is 2.32. The first-order valence-electron chi connectivity index (χ1n) is 9.48. The molecule has 0 amide bonds. The number of methoxy groups -OCH3 is 1. The number of nitrogens with one attached hydrogen (secondary N) is 1. The Morgan fingerprint density at radius 1 is 1.13 bits per heavy atom.